The van der Waals surface area contributed by atoms with Crippen molar-refractivity contribution in [3.05, 3.63) is 57.7 Å². The lowest BCUT2D eigenvalue weighted by Gasteiger charge is -2.33. The summed E-state index contributed by atoms with van der Waals surface area (Å²) < 4.78 is 32.4. The topological polar surface area (TPSA) is 96.0 Å². The lowest BCUT2D eigenvalue weighted by atomic mass is 10.1. The summed E-state index contributed by atoms with van der Waals surface area (Å²) in [5, 5.41) is 2.87. The molecule has 186 valence electrons. The Morgan fingerprint density at radius 1 is 1.06 bits per heavy atom. The number of benzene rings is 2. The molecule has 0 radical (unpaired) electrons. The van der Waals surface area contributed by atoms with Gasteiger partial charge in [0.1, 0.15) is 18.3 Å². The van der Waals surface area contributed by atoms with Gasteiger partial charge in [-0.05, 0) is 84.8 Å². The minimum atomic E-state index is -3.75. The number of nitrogens with zero attached hydrogens (tertiary/aromatic N) is 2. The van der Waals surface area contributed by atoms with E-state index in [0.717, 1.165) is 19.7 Å². The van der Waals surface area contributed by atoms with Gasteiger partial charge in [0.25, 0.3) is 0 Å². The summed E-state index contributed by atoms with van der Waals surface area (Å²) in [6, 6.07) is 13.2. The van der Waals surface area contributed by atoms with Crippen LogP contribution in [0.15, 0.2) is 48.5 Å². The Balaban J connectivity index is 2.42. The first-order valence-electron chi connectivity index (χ1n) is 10.9. The second kappa shape index (κ2) is 12.4. The average molecular weight is 602 g/mol. The molecule has 0 saturated heterocycles. The molecule has 0 aliphatic carbocycles. The summed E-state index contributed by atoms with van der Waals surface area (Å²) in [6.07, 6.45) is 1.44. The Morgan fingerprint density at radius 2 is 1.65 bits per heavy atom. The highest BCUT2D eigenvalue weighted by atomic mass is 127. The number of carbonyl (C=O) groups is 2. The highest BCUT2D eigenvalue weighted by Crippen LogP contribution is 2.21. The van der Waals surface area contributed by atoms with Crippen molar-refractivity contribution in [3.8, 4) is 5.75 Å². The molecule has 0 unspecified atom stereocenters. The van der Waals surface area contributed by atoms with Gasteiger partial charge < -0.3 is 15.0 Å². The molecule has 0 fully saturated rings. The van der Waals surface area contributed by atoms with Crippen molar-refractivity contribution in [2.75, 3.05) is 24.2 Å². The average Bonchev–Trinajstić information content (AvgIpc) is 2.77. The standard InChI is InChI=1S/C24H32IN3O5S/c1-6-22(24(30)26-17(2)3)27(15-18-7-13-21(33-4)14-8-18)23(29)16-28(34(5,31)32)20-11-9-19(25)10-12-20/h7-14,17,22H,6,15-16H2,1-5H3,(H,26,30)/t22-/m1/s1. The van der Waals surface area contributed by atoms with Crippen LogP contribution in [-0.4, -0.2) is 57.1 Å². The fourth-order valence-corrected chi connectivity index (χ4v) is 4.66. The van der Waals surface area contributed by atoms with Crippen molar-refractivity contribution in [3.63, 3.8) is 0 Å². The highest BCUT2D eigenvalue weighted by molar-refractivity contribution is 14.1. The zero-order valence-corrected chi connectivity index (χ0v) is 23.1. The smallest absolute Gasteiger partial charge is 0.244 e. The third-order valence-corrected chi connectivity index (χ3v) is 6.98. The zero-order valence-electron chi connectivity index (χ0n) is 20.1. The molecule has 1 N–H and O–H groups in total. The summed E-state index contributed by atoms with van der Waals surface area (Å²) >= 11 is 2.13. The molecular weight excluding hydrogens is 569 g/mol. The van der Waals surface area contributed by atoms with Gasteiger partial charge in [-0.15, -0.1) is 0 Å². The van der Waals surface area contributed by atoms with Gasteiger partial charge in [0, 0.05) is 16.2 Å². The second-order valence-corrected chi connectivity index (χ2v) is 11.4. The monoisotopic (exact) mass is 601 g/mol. The van der Waals surface area contributed by atoms with Crippen molar-refractivity contribution in [1.29, 1.82) is 0 Å². The van der Waals surface area contributed by atoms with E-state index in [0.29, 0.717) is 17.9 Å². The zero-order chi connectivity index (χ0) is 25.5. The van der Waals surface area contributed by atoms with E-state index in [1.54, 1.807) is 43.5 Å². The Morgan fingerprint density at radius 3 is 2.12 bits per heavy atom. The first-order valence-corrected chi connectivity index (χ1v) is 13.8. The van der Waals surface area contributed by atoms with Crippen molar-refractivity contribution in [2.24, 2.45) is 0 Å². The van der Waals surface area contributed by atoms with E-state index in [9.17, 15) is 18.0 Å². The molecule has 2 aromatic carbocycles. The highest BCUT2D eigenvalue weighted by Gasteiger charge is 2.31. The summed E-state index contributed by atoms with van der Waals surface area (Å²) in [4.78, 5) is 28.0. The fraction of sp³-hybridized carbons (Fsp3) is 0.417. The van der Waals surface area contributed by atoms with Crippen LogP contribution in [0.5, 0.6) is 5.75 Å². The SMILES string of the molecule is CC[C@H](C(=O)NC(C)C)N(Cc1ccc(OC)cc1)C(=O)CN(c1ccc(I)cc1)S(C)(=O)=O. The third-order valence-electron chi connectivity index (χ3n) is 5.12. The molecule has 0 saturated carbocycles. The maximum Gasteiger partial charge on any atom is 0.244 e. The van der Waals surface area contributed by atoms with Crippen LogP contribution in [0.25, 0.3) is 0 Å². The largest absolute Gasteiger partial charge is 0.497 e. The number of ether oxygens (including phenoxy) is 1. The van der Waals surface area contributed by atoms with E-state index < -0.39 is 28.5 Å². The number of anilines is 1. The van der Waals surface area contributed by atoms with Crippen LogP contribution < -0.4 is 14.4 Å². The molecule has 2 aromatic rings. The van der Waals surface area contributed by atoms with Crippen molar-refractivity contribution >= 4 is 50.1 Å². The molecule has 2 rings (SSSR count). The number of carbonyl (C=O) groups excluding carboxylic acids is 2. The first kappa shape index (κ1) is 27.9. The number of nitrogens with one attached hydrogen (secondary N) is 1. The summed E-state index contributed by atoms with van der Waals surface area (Å²) in [7, 11) is -2.18. The molecule has 10 heteroatoms. The van der Waals surface area contributed by atoms with Gasteiger partial charge in [0.05, 0.1) is 19.1 Å². The first-order chi connectivity index (χ1) is 16.0. The van der Waals surface area contributed by atoms with Crippen LogP contribution >= 0.6 is 22.6 Å². The summed E-state index contributed by atoms with van der Waals surface area (Å²) in [5.41, 5.74) is 1.19. The van der Waals surface area contributed by atoms with E-state index in [4.69, 9.17) is 4.74 Å². The molecule has 0 aromatic heterocycles. The maximum atomic E-state index is 13.6. The number of methoxy groups -OCH3 is 1. The van der Waals surface area contributed by atoms with Gasteiger partial charge in [-0.2, -0.15) is 0 Å². The predicted octanol–water partition coefficient (Wildman–Crippen LogP) is 3.40. The van der Waals surface area contributed by atoms with Crippen molar-refractivity contribution in [2.45, 2.75) is 45.8 Å². The number of hydrogen-bond donors (Lipinski definition) is 1. The Hall–Kier alpha value is -2.34. The van der Waals surface area contributed by atoms with Crippen LogP contribution in [0.3, 0.4) is 0 Å². The predicted molar refractivity (Wildman–Crippen MR) is 142 cm³/mol. The number of rotatable bonds is 11. The molecule has 0 aliphatic heterocycles. The minimum absolute atomic E-state index is 0.0983. The fourth-order valence-electron chi connectivity index (χ4n) is 3.45. The Labute approximate surface area is 215 Å². The molecular formula is C24H32IN3O5S. The van der Waals surface area contributed by atoms with Crippen LogP contribution in [0, 0.1) is 3.57 Å². The summed E-state index contributed by atoms with van der Waals surface area (Å²) in [5.74, 6) is -0.0711. The molecule has 0 heterocycles. The van der Waals surface area contributed by atoms with Crippen molar-refractivity contribution in [1.82, 2.24) is 10.2 Å². The van der Waals surface area contributed by atoms with Gasteiger partial charge in [-0.1, -0.05) is 19.1 Å². The number of hydrogen-bond acceptors (Lipinski definition) is 5. The van der Waals surface area contributed by atoms with Crippen LogP contribution in [0.1, 0.15) is 32.8 Å². The normalized spacial score (nSPS) is 12.2. The van der Waals surface area contributed by atoms with Crippen molar-refractivity contribution < 1.29 is 22.7 Å². The molecule has 2 amide bonds. The second-order valence-electron chi connectivity index (χ2n) is 8.20. The third kappa shape index (κ3) is 7.86. The lowest BCUT2D eigenvalue weighted by molar-refractivity contribution is -0.140. The van der Waals surface area contributed by atoms with Gasteiger partial charge in [0.15, 0.2) is 0 Å². The molecule has 8 nitrogen and oxygen atoms in total. The maximum absolute atomic E-state index is 13.6. The van der Waals surface area contributed by atoms with Gasteiger partial charge >= 0.3 is 0 Å². The quantitative estimate of drug-likeness (QED) is 0.399. The minimum Gasteiger partial charge on any atom is -0.497 e. The van der Waals surface area contributed by atoms with Gasteiger partial charge in [-0.3, -0.25) is 13.9 Å². The van der Waals surface area contributed by atoms with Gasteiger partial charge in [-0.25, -0.2) is 8.42 Å². The summed E-state index contributed by atoms with van der Waals surface area (Å²) in [6.45, 7) is 5.26. The molecule has 0 spiro atoms. The molecule has 1 atom stereocenters. The van der Waals surface area contributed by atoms with Crippen LogP contribution in [0.2, 0.25) is 0 Å². The Kier molecular flexibility index (Phi) is 10.2. The number of amides is 2. The van der Waals surface area contributed by atoms with E-state index in [1.165, 1.54) is 4.90 Å². The van der Waals surface area contributed by atoms with E-state index in [-0.39, 0.29) is 18.5 Å². The number of sulfonamides is 1. The van der Waals surface area contributed by atoms with Crippen LogP contribution in [0.4, 0.5) is 5.69 Å². The lowest BCUT2D eigenvalue weighted by Crippen LogP contribution is -2.53. The Bertz CT molecular complexity index is 1070. The van der Waals surface area contributed by atoms with Crippen LogP contribution in [-0.2, 0) is 26.2 Å². The van der Waals surface area contributed by atoms with E-state index in [2.05, 4.69) is 27.9 Å². The number of halogens is 1. The molecule has 34 heavy (non-hydrogen) atoms. The molecule has 0 bridgehead atoms. The molecule has 0 aliphatic rings. The van der Waals surface area contributed by atoms with E-state index in [1.807, 2.05) is 32.9 Å². The van der Waals surface area contributed by atoms with E-state index >= 15 is 0 Å². The van der Waals surface area contributed by atoms with Gasteiger partial charge in [0.2, 0.25) is 21.8 Å².